The second kappa shape index (κ2) is 20.3. The molecule has 0 fully saturated rings. The normalized spacial score (nSPS) is 13.3. The molecule has 0 aliphatic heterocycles. The minimum absolute atomic E-state index is 0.00357. The Kier molecular flexibility index (Phi) is 18.8. The molecule has 37 heavy (non-hydrogen) atoms. The number of aliphatic carboxylic acids is 1. The molecule has 0 rings (SSSR count). The first-order valence-electron chi connectivity index (χ1n) is 12.8. The van der Waals surface area contributed by atoms with Crippen LogP contribution in [0.2, 0.25) is 0 Å². The number of carbonyl (C=O) groups excluding carboxylic acids is 3. The number of primary amides is 1. The van der Waals surface area contributed by atoms with Crippen LogP contribution in [-0.4, -0.2) is 59.6 Å². The van der Waals surface area contributed by atoms with Crippen LogP contribution in [0.4, 0.5) is 4.79 Å². The van der Waals surface area contributed by atoms with Gasteiger partial charge in [0.15, 0.2) is 0 Å². The van der Waals surface area contributed by atoms with Gasteiger partial charge in [-0.3, -0.25) is 9.59 Å². The van der Waals surface area contributed by atoms with Gasteiger partial charge in [0.25, 0.3) is 0 Å². The number of urea groups is 1. The number of carbonyl (C=O) groups is 4. The van der Waals surface area contributed by atoms with Crippen molar-refractivity contribution >= 4 is 35.6 Å². The van der Waals surface area contributed by atoms with E-state index in [4.69, 9.17) is 5.73 Å². The van der Waals surface area contributed by atoms with Crippen molar-refractivity contribution in [2.24, 2.45) is 11.7 Å². The summed E-state index contributed by atoms with van der Waals surface area (Å²) in [6.45, 7) is 10.6. The lowest BCUT2D eigenvalue weighted by molar-refractivity contribution is -0.141. The Morgan fingerprint density at radius 1 is 0.919 bits per heavy atom. The summed E-state index contributed by atoms with van der Waals surface area (Å²) in [6, 6.07) is -1.45. The van der Waals surface area contributed by atoms with Gasteiger partial charge in [0, 0.05) is 31.0 Å². The van der Waals surface area contributed by atoms with Gasteiger partial charge in [0.1, 0.15) is 6.04 Å². The third-order valence-electron chi connectivity index (χ3n) is 5.56. The summed E-state index contributed by atoms with van der Waals surface area (Å²) in [5.74, 6) is -2.06. The summed E-state index contributed by atoms with van der Waals surface area (Å²) in [4.78, 5) is 47.0. The van der Waals surface area contributed by atoms with Gasteiger partial charge < -0.3 is 26.8 Å². The monoisotopic (exact) mass is 538 g/mol. The largest absolute Gasteiger partial charge is 0.480 e. The van der Waals surface area contributed by atoms with Crippen LogP contribution in [0.25, 0.3) is 0 Å². The summed E-state index contributed by atoms with van der Waals surface area (Å²) in [6.07, 6.45) is 10.7. The topological polar surface area (TPSA) is 151 Å². The van der Waals surface area contributed by atoms with Crippen molar-refractivity contribution in [2.45, 2.75) is 79.2 Å². The Labute approximate surface area is 226 Å². The van der Waals surface area contributed by atoms with Crippen molar-refractivity contribution < 1.29 is 24.3 Å². The standard InChI is InChI=1S/C27H46N4O5S/c1-6-29-27(36)30-17-22(25(28)33)13-14-24(32)31-23(26(34)35)18-37-16-15-21(5)12-8-11-20(4)10-7-9-19(2)3/h9,11,15,22-23H,6-8,10,12-14,16-18H2,1-5H3,(H2,28,33)(H,31,32)(H,34,35)(H2,29,30,36)/b20-11+,21-15+/t22?,23-/m0/s1. The smallest absolute Gasteiger partial charge is 0.327 e. The minimum atomic E-state index is -1.11. The predicted molar refractivity (Wildman–Crippen MR) is 151 cm³/mol. The molecule has 0 aliphatic carbocycles. The number of nitrogens with two attached hydrogens (primary N) is 1. The zero-order valence-electron chi connectivity index (χ0n) is 23.0. The van der Waals surface area contributed by atoms with Crippen molar-refractivity contribution in [3.63, 3.8) is 0 Å². The lowest BCUT2D eigenvalue weighted by Gasteiger charge is -2.16. The Morgan fingerprint density at radius 2 is 1.54 bits per heavy atom. The van der Waals surface area contributed by atoms with Crippen molar-refractivity contribution in [3.8, 4) is 0 Å². The quantitative estimate of drug-likeness (QED) is 0.124. The molecule has 0 heterocycles. The van der Waals surface area contributed by atoms with Crippen LogP contribution < -0.4 is 21.7 Å². The zero-order valence-corrected chi connectivity index (χ0v) is 23.8. The molecule has 0 aromatic heterocycles. The first-order chi connectivity index (χ1) is 17.5. The number of allylic oxidation sites excluding steroid dienone is 5. The molecule has 2 atom stereocenters. The van der Waals surface area contributed by atoms with Crippen molar-refractivity contribution in [1.82, 2.24) is 16.0 Å². The molecule has 0 saturated carbocycles. The molecule has 0 aliphatic rings. The third kappa shape index (κ3) is 19.1. The average molecular weight is 539 g/mol. The minimum Gasteiger partial charge on any atom is -0.480 e. The Morgan fingerprint density at radius 3 is 2.11 bits per heavy atom. The average Bonchev–Trinajstić information content (AvgIpc) is 2.80. The maximum atomic E-state index is 12.3. The summed E-state index contributed by atoms with van der Waals surface area (Å²) < 4.78 is 0. The fourth-order valence-corrected chi connectivity index (χ4v) is 4.26. The molecule has 6 N–H and O–H groups in total. The first kappa shape index (κ1) is 34.2. The van der Waals surface area contributed by atoms with E-state index in [1.165, 1.54) is 28.5 Å². The van der Waals surface area contributed by atoms with Gasteiger partial charge in [-0.2, -0.15) is 11.8 Å². The number of hydrogen-bond acceptors (Lipinski definition) is 5. The van der Waals surface area contributed by atoms with Gasteiger partial charge in [-0.05, 0) is 66.7 Å². The molecule has 10 heteroatoms. The summed E-state index contributed by atoms with van der Waals surface area (Å²) in [7, 11) is 0. The SMILES string of the molecule is CCNC(=O)NCC(CCC(=O)N[C@@H](CSC/C=C(\C)CC/C=C(\C)CCC=C(C)C)C(=O)O)C(N)=O. The van der Waals surface area contributed by atoms with E-state index in [9.17, 15) is 24.3 Å². The molecule has 0 spiro atoms. The molecular formula is C27H46N4O5S. The van der Waals surface area contributed by atoms with E-state index in [1.54, 1.807) is 6.92 Å². The number of hydrogen-bond donors (Lipinski definition) is 5. The van der Waals surface area contributed by atoms with E-state index in [1.807, 2.05) is 0 Å². The van der Waals surface area contributed by atoms with Gasteiger partial charge in [-0.1, -0.05) is 34.9 Å². The molecule has 0 aromatic carbocycles. The highest BCUT2D eigenvalue weighted by molar-refractivity contribution is 7.99. The molecule has 210 valence electrons. The number of amides is 4. The van der Waals surface area contributed by atoms with Crippen LogP contribution in [0.3, 0.4) is 0 Å². The van der Waals surface area contributed by atoms with Crippen molar-refractivity contribution in [2.75, 3.05) is 24.6 Å². The van der Waals surface area contributed by atoms with Crippen LogP contribution in [0.15, 0.2) is 34.9 Å². The highest BCUT2D eigenvalue weighted by Gasteiger charge is 2.22. The van der Waals surface area contributed by atoms with Crippen LogP contribution >= 0.6 is 11.8 Å². The molecule has 0 bridgehead atoms. The number of carboxylic acids is 1. The molecular weight excluding hydrogens is 492 g/mol. The first-order valence-corrected chi connectivity index (χ1v) is 14.0. The van der Waals surface area contributed by atoms with Crippen molar-refractivity contribution in [1.29, 1.82) is 0 Å². The lowest BCUT2D eigenvalue weighted by Crippen LogP contribution is -2.44. The second-order valence-electron chi connectivity index (χ2n) is 9.33. The van der Waals surface area contributed by atoms with E-state index in [2.05, 4.69) is 61.9 Å². The number of carboxylic acid groups (broad SMARTS) is 1. The molecule has 1 unspecified atom stereocenters. The Balaban J connectivity index is 4.45. The molecule has 0 saturated heterocycles. The van der Waals surface area contributed by atoms with Crippen molar-refractivity contribution in [3.05, 3.63) is 34.9 Å². The maximum absolute atomic E-state index is 12.3. The summed E-state index contributed by atoms with van der Waals surface area (Å²) in [5, 5.41) is 17.1. The zero-order chi connectivity index (χ0) is 28.2. The van der Waals surface area contributed by atoms with E-state index in [0.717, 1.165) is 25.7 Å². The van der Waals surface area contributed by atoms with Gasteiger partial charge in [0.2, 0.25) is 11.8 Å². The fourth-order valence-electron chi connectivity index (χ4n) is 3.26. The summed E-state index contributed by atoms with van der Waals surface area (Å²) >= 11 is 1.44. The second-order valence-corrected chi connectivity index (χ2v) is 10.4. The molecule has 0 aromatic rings. The van der Waals surface area contributed by atoms with Gasteiger partial charge in [-0.25, -0.2) is 9.59 Å². The summed E-state index contributed by atoms with van der Waals surface area (Å²) in [5.41, 5.74) is 9.34. The molecule has 4 amide bonds. The van der Waals surface area contributed by atoms with E-state index < -0.39 is 35.8 Å². The van der Waals surface area contributed by atoms with Crippen LogP contribution in [-0.2, 0) is 14.4 Å². The number of rotatable bonds is 19. The fraction of sp³-hybridized carbons (Fsp3) is 0.630. The predicted octanol–water partition coefficient (Wildman–Crippen LogP) is 3.91. The highest BCUT2D eigenvalue weighted by atomic mass is 32.2. The van der Waals surface area contributed by atoms with Crippen LogP contribution in [0.5, 0.6) is 0 Å². The van der Waals surface area contributed by atoms with E-state index in [-0.39, 0.29) is 25.1 Å². The lowest BCUT2D eigenvalue weighted by atomic mass is 10.0. The molecule has 9 nitrogen and oxygen atoms in total. The van der Waals surface area contributed by atoms with Gasteiger partial charge in [-0.15, -0.1) is 0 Å². The maximum Gasteiger partial charge on any atom is 0.327 e. The highest BCUT2D eigenvalue weighted by Crippen LogP contribution is 2.13. The number of nitrogens with one attached hydrogen (secondary N) is 3. The van der Waals surface area contributed by atoms with Gasteiger partial charge >= 0.3 is 12.0 Å². The van der Waals surface area contributed by atoms with Crippen LogP contribution in [0.1, 0.15) is 73.1 Å². The van der Waals surface area contributed by atoms with Crippen LogP contribution in [0, 0.1) is 5.92 Å². The third-order valence-corrected chi connectivity index (χ3v) is 6.53. The van der Waals surface area contributed by atoms with Gasteiger partial charge in [0.05, 0.1) is 5.92 Å². The molecule has 0 radical (unpaired) electrons. The van der Waals surface area contributed by atoms with E-state index >= 15 is 0 Å². The Bertz CT molecular complexity index is 835. The Hall–Kier alpha value is -2.75. The van der Waals surface area contributed by atoms with E-state index in [0.29, 0.717) is 12.3 Å². The number of thioether (sulfide) groups is 1.